The molecule has 7 nitrogen and oxygen atoms in total. The summed E-state index contributed by atoms with van der Waals surface area (Å²) >= 11 is 6.18. The zero-order valence-corrected chi connectivity index (χ0v) is 20.6. The van der Waals surface area contributed by atoms with Gasteiger partial charge in [0.15, 0.2) is 16.1 Å². The van der Waals surface area contributed by atoms with Crippen LogP contribution < -0.4 is 10.1 Å². The number of ether oxygens (including phenoxy) is 1. The molecule has 4 rings (SSSR count). The third-order valence-corrected chi connectivity index (χ3v) is 6.84. The number of thiazole rings is 1. The second kappa shape index (κ2) is 10.3. The molecule has 0 saturated carbocycles. The standard InChI is InChI=1S/C22H20BrN5O2S2/c1-3-28-20(15-5-4-6-17(11-15)30-2)26-27-22(28)32-13-19(29)25-21-24-18(12-31-21)14-7-9-16(23)10-8-14/h4-12H,3,13H2,1-2H3,(H,24,25,29). The van der Waals surface area contributed by atoms with Crippen LogP contribution in [0.25, 0.3) is 22.6 Å². The lowest BCUT2D eigenvalue weighted by atomic mass is 10.2. The fraction of sp³-hybridized carbons (Fsp3) is 0.182. The minimum absolute atomic E-state index is 0.139. The zero-order chi connectivity index (χ0) is 22.5. The number of nitrogens with zero attached hydrogens (tertiary/aromatic N) is 4. The molecule has 0 unspecified atom stereocenters. The first-order chi connectivity index (χ1) is 15.6. The number of thioether (sulfide) groups is 1. The van der Waals surface area contributed by atoms with Gasteiger partial charge in [0.25, 0.3) is 0 Å². The van der Waals surface area contributed by atoms with E-state index in [1.807, 2.05) is 65.4 Å². The summed E-state index contributed by atoms with van der Waals surface area (Å²) in [5, 5.41) is 14.7. The highest BCUT2D eigenvalue weighted by atomic mass is 79.9. The quantitative estimate of drug-likeness (QED) is 0.299. The van der Waals surface area contributed by atoms with E-state index < -0.39 is 0 Å². The molecule has 32 heavy (non-hydrogen) atoms. The molecule has 164 valence electrons. The summed E-state index contributed by atoms with van der Waals surface area (Å²) in [5.74, 6) is 1.57. The summed E-state index contributed by atoms with van der Waals surface area (Å²) < 4.78 is 8.30. The van der Waals surface area contributed by atoms with Gasteiger partial charge in [-0.05, 0) is 31.2 Å². The van der Waals surface area contributed by atoms with E-state index in [2.05, 4.69) is 36.4 Å². The Bertz CT molecular complexity index is 1220. The molecule has 0 saturated heterocycles. The van der Waals surface area contributed by atoms with Crippen LogP contribution in [0, 0.1) is 0 Å². The maximum atomic E-state index is 12.5. The van der Waals surface area contributed by atoms with E-state index in [9.17, 15) is 4.79 Å². The lowest BCUT2D eigenvalue weighted by molar-refractivity contribution is -0.113. The molecule has 1 N–H and O–H groups in total. The number of hydrogen-bond donors (Lipinski definition) is 1. The highest BCUT2D eigenvalue weighted by Gasteiger charge is 2.16. The van der Waals surface area contributed by atoms with Crippen molar-refractivity contribution in [2.24, 2.45) is 0 Å². The Morgan fingerprint density at radius 3 is 2.75 bits per heavy atom. The Balaban J connectivity index is 1.40. The van der Waals surface area contributed by atoms with Crippen LogP contribution in [0.4, 0.5) is 5.13 Å². The van der Waals surface area contributed by atoms with Crippen molar-refractivity contribution in [3.05, 3.63) is 58.4 Å². The van der Waals surface area contributed by atoms with E-state index in [1.165, 1.54) is 23.1 Å². The first kappa shape index (κ1) is 22.5. The monoisotopic (exact) mass is 529 g/mol. The molecule has 0 atom stereocenters. The Kier molecular flexibility index (Phi) is 7.23. The molecule has 4 aromatic rings. The van der Waals surface area contributed by atoms with Crippen molar-refractivity contribution in [3.63, 3.8) is 0 Å². The largest absolute Gasteiger partial charge is 0.497 e. The van der Waals surface area contributed by atoms with Gasteiger partial charge in [0.1, 0.15) is 5.75 Å². The van der Waals surface area contributed by atoms with Crippen LogP contribution in [0.1, 0.15) is 6.92 Å². The number of amides is 1. The Morgan fingerprint density at radius 2 is 2.00 bits per heavy atom. The van der Waals surface area contributed by atoms with Gasteiger partial charge in [0.2, 0.25) is 5.91 Å². The van der Waals surface area contributed by atoms with Crippen LogP contribution in [-0.2, 0) is 11.3 Å². The molecular formula is C22H20BrN5O2S2. The minimum Gasteiger partial charge on any atom is -0.497 e. The summed E-state index contributed by atoms with van der Waals surface area (Å²) in [7, 11) is 1.63. The summed E-state index contributed by atoms with van der Waals surface area (Å²) in [6.45, 7) is 2.71. The smallest absolute Gasteiger partial charge is 0.236 e. The van der Waals surface area contributed by atoms with Gasteiger partial charge >= 0.3 is 0 Å². The number of nitrogens with one attached hydrogen (secondary N) is 1. The van der Waals surface area contributed by atoms with Gasteiger partial charge in [-0.15, -0.1) is 21.5 Å². The van der Waals surface area contributed by atoms with Crippen molar-refractivity contribution in [3.8, 4) is 28.4 Å². The number of methoxy groups -OCH3 is 1. The number of anilines is 1. The number of rotatable bonds is 8. The lowest BCUT2D eigenvalue weighted by Gasteiger charge is -2.08. The number of halogens is 1. The Labute approximate surface area is 202 Å². The minimum atomic E-state index is -0.139. The summed E-state index contributed by atoms with van der Waals surface area (Å²) in [6, 6.07) is 15.6. The molecule has 2 aromatic carbocycles. The van der Waals surface area contributed by atoms with Crippen molar-refractivity contribution in [2.45, 2.75) is 18.6 Å². The highest BCUT2D eigenvalue weighted by molar-refractivity contribution is 9.10. The summed E-state index contributed by atoms with van der Waals surface area (Å²) in [6.07, 6.45) is 0. The zero-order valence-electron chi connectivity index (χ0n) is 17.4. The number of carbonyl (C=O) groups is 1. The number of benzene rings is 2. The van der Waals surface area contributed by atoms with Gasteiger partial charge in [-0.3, -0.25) is 4.79 Å². The fourth-order valence-corrected chi connectivity index (χ4v) is 4.83. The van der Waals surface area contributed by atoms with Crippen molar-refractivity contribution >= 4 is 50.1 Å². The molecule has 0 radical (unpaired) electrons. The van der Waals surface area contributed by atoms with Crippen LogP contribution >= 0.6 is 39.0 Å². The Morgan fingerprint density at radius 1 is 1.19 bits per heavy atom. The van der Waals surface area contributed by atoms with Gasteiger partial charge in [-0.25, -0.2) is 4.98 Å². The molecular weight excluding hydrogens is 510 g/mol. The van der Waals surface area contributed by atoms with Gasteiger partial charge in [-0.2, -0.15) is 0 Å². The first-order valence-corrected chi connectivity index (χ1v) is 12.4. The van der Waals surface area contributed by atoms with Crippen LogP contribution in [0.5, 0.6) is 5.75 Å². The molecule has 0 spiro atoms. The molecule has 10 heteroatoms. The molecule has 0 aliphatic heterocycles. The fourth-order valence-electron chi connectivity index (χ4n) is 3.03. The number of hydrogen-bond acceptors (Lipinski definition) is 7. The van der Waals surface area contributed by atoms with Crippen LogP contribution in [0.15, 0.2) is 63.5 Å². The predicted octanol–water partition coefficient (Wildman–Crippen LogP) is 5.59. The molecule has 2 aromatic heterocycles. The predicted molar refractivity (Wildman–Crippen MR) is 132 cm³/mol. The normalized spacial score (nSPS) is 10.8. The maximum Gasteiger partial charge on any atom is 0.236 e. The Hall–Kier alpha value is -2.69. The van der Waals surface area contributed by atoms with E-state index >= 15 is 0 Å². The molecule has 0 fully saturated rings. The van der Waals surface area contributed by atoms with E-state index in [0.29, 0.717) is 16.8 Å². The molecule has 1 amide bonds. The molecule has 0 aliphatic rings. The number of aromatic nitrogens is 4. The van der Waals surface area contributed by atoms with Crippen molar-refractivity contribution in [1.82, 2.24) is 19.7 Å². The van der Waals surface area contributed by atoms with Crippen molar-refractivity contribution in [2.75, 3.05) is 18.2 Å². The van der Waals surface area contributed by atoms with Gasteiger partial charge in [0.05, 0.1) is 18.6 Å². The molecule has 0 aliphatic carbocycles. The summed E-state index contributed by atoms with van der Waals surface area (Å²) in [5.41, 5.74) is 2.75. The average Bonchev–Trinajstić information content (AvgIpc) is 3.45. The van der Waals surface area contributed by atoms with Crippen molar-refractivity contribution < 1.29 is 9.53 Å². The van der Waals surface area contributed by atoms with E-state index in [0.717, 1.165) is 32.9 Å². The first-order valence-electron chi connectivity index (χ1n) is 9.79. The second-order valence-corrected chi connectivity index (χ2v) is 9.38. The van der Waals surface area contributed by atoms with Gasteiger partial charge in [-0.1, -0.05) is 52.0 Å². The third kappa shape index (κ3) is 5.20. The molecule has 2 heterocycles. The van der Waals surface area contributed by atoms with Gasteiger partial charge in [0, 0.05) is 27.5 Å². The average molecular weight is 530 g/mol. The summed E-state index contributed by atoms with van der Waals surface area (Å²) in [4.78, 5) is 17.0. The van der Waals surface area contributed by atoms with Crippen LogP contribution in [0.2, 0.25) is 0 Å². The molecule has 0 bridgehead atoms. The highest BCUT2D eigenvalue weighted by Crippen LogP contribution is 2.28. The maximum absolute atomic E-state index is 12.5. The van der Waals surface area contributed by atoms with Crippen LogP contribution in [0.3, 0.4) is 0 Å². The van der Waals surface area contributed by atoms with Crippen molar-refractivity contribution in [1.29, 1.82) is 0 Å². The SMILES string of the molecule is CCn1c(SCC(=O)Nc2nc(-c3ccc(Br)cc3)cs2)nnc1-c1cccc(OC)c1. The van der Waals surface area contributed by atoms with E-state index in [1.54, 1.807) is 7.11 Å². The third-order valence-electron chi connectivity index (χ3n) is 4.58. The van der Waals surface area contributed by atoms with E-state index in [4.69, 9.17) is 4.74 Å². The number of carbonyl (C=O) groups excluding carboxylic acids is 1. The lowest BCUT2D eigenvalue weighted by Crippen LogP contribution is -2.14. The second-order valence-electron chi connectivity index (χ2n) is 6.66. The van der Waals surface area contributed by atoms with Crippen LogP contribution in [-0.4, -0.2) is 38.5 Å². The topological polar surface area (TPSA) is 81.9 Å². The van der Waals surface area contributed by atoms with E-state index in [-0.39, 0.29) is 11.7 Å². The van der Waals surface area contributed by atoms with Gasteiger partial charge < -0.3 is 14.6 Å².